The number of rotatable bonds is 3. The lowest BCUT2D eigenvalue weighted by molar-refractivity contribution is 0.0789. The Hall–Kier alpha value is -2.57. The number of likely N-dealkylation sites (tertiary alicyclic amines) is 1. The molecule has 1 aliphatic heterocycles. The number of furan rings is 1. The van der Waals surface area contributed by atoms with E-state index in [-0.39, 0.29) is 17.4 Å². The molecule has 1 saturated heterocycles. The van der Waals surface area contributed by atoms with Crippen molar-refractivity contribution in [3.63, 3.8) is 0 Å². The Bertz CT molecular complexity index is 821. The number of anilines is 1. The van der Waals surface area contributed by atoms with Gasteiger partial charge in [-0.2, -0.15) is 0 Å². The molecule has 0 spiro atoms. The van der Waals surface area contributed by atoms with Crippen LogP contribution in [0.4, 0.5) is 5.95 Å². The predicted molar refractivity (Wildman–Crippen MR) is 90.6 cm³/mol. The molecule has 0 aliphatic carbocycles. The lowest BCUT2D eigenvalue weighted by Crippen LogP contribution is -2.29. The lowest BCUT2D eigenvalue weighted by Gasteiger charge is -2.17. The predicted octanol–water partition coefficient (Wildman–Crippen LogP) is 1.68. The first-order chi connectivity index (χ1) is 11.3. The fraction of sp³-hybridized carbons (Fsp3) is 0.471. The van der Waals surface area contributed by atoms with Gasteiger partial charge < -0.3 is 14.2 Å². The molecule has 1 atom stereocenters. The highest BCUT2D eigenvalue weighted by molar-refractivity contribution is 5.95. The molecule has 0 radical (unpaired) electrons. The van der Waals surface area contributed by atoms with E-state index in [1.165, 1.54) is 6.07 Å². The SMILES string of the molecule is Cc1cc(C(=O)N2CCC(c3cc(=O)[nH]c(N(C)C)n3)C2)c(C)o1. The summed E-state index contributed by atoms with van der Waals surface area (Å²) in [6.45, 7) is 4.85. The quantitative estimate of drug-likeness (QED) is 0.926. The molecule has 1 unspecified atom stereocenters. The minimum Gasteiger partial charge on any atom is -0.466 e. The molecule has 0 aromatic carbocycles. The summed E-state index contributed by atoms with van der Waals surface area (Å²) in [7, 11) is 3.66. The summed E-state index contributed by atoms with van der Waals surface area (Å²) in [6, 6.07) is 3.31. The molecule has 0 bridgehead atoms. The van der Waals surface area contributed by atoms with E-state index in [0.717, 1.165) is 17.9 Å². The van der Waals surface area contributed by atoms with Crippen molar-refractivity contribution < 1.29 is 9.21 Å². The summed E-state index contributed by atoms with van der Waals surface area (Å²) in [4.78, 5) is 35.3. The molecular weight excluding hydrogens is 308 g/mol. The molecule has 3 rings (SSSR count). The number of amides is 1. The van der Waals surface area contributed by atoms with Crippen LogP contribution < -0.4 is 10.5 Å². The van der Waals surface area contributed by atoms with Gasteiger partial charge in [-0.3, -0.25) is 14.6 Å². The molecule has 0 saturated carbocycles. The van der Waals surface area contributed by atoms with Crippen molar-refractivity contribution in [2.24, 2.45) is 0 Å². The van der Waals surface area contributed by atoms with Crippen molar-refractivity contribution in [1.29, 1.82) is 0 Å². The minimum absolute atomic E-state index is 0.0236. The van der Waals surface area contributed by atoms with Crippen LogP contribution in [0.5, 0.6) is 0 Å². The largest absolute Gasteiger partial charge is 0.466 e. The smallest absolute Gasteiger partial charge is 0.257 e. The van der Waals surface area contributed by atoms with E-state index in [1.54, 1.807) is 22.8 Å². The standard InChI is InChI=1S/C17H22N4O3/c1-10-7-13(11(2)24-10)16(23)21-6-5-12(9-21)14-8-15(22)19-17(18-14)20(3)4/h7-8,12H,5-6,9H2,1-4H3,(H,18,19,22). The second-order valence-corrected chi connectivity index (χ2v) is 6.45. The summed E-state index contributed by atoms with van der Waals surface area (Å²) >= 11 is 0. The maximum Gasteiger partial charge on any atom is 0.257 e. The Morgan fingerprint density at radius 1 is 1.38 bits per heavy atom. The number of aromatic nitrogens is 2. The van der Waals surface area contributed by atoms with E-state index in [4.69, 9.17) is 4.42 Å². The molecule has 128 valence electrons. The second-order valence-electron chi connectivity index (χ2n) is 6.45. The summed E-state index contributed by atoms with van der Waals surface area (Å²) in [5.74, 6) is 1.96. The van der Waals surface area contributed by atoms with E-state index in [2.05, 4.69) is 9.97 Å². The number of H-pyrrole nitrogens is 1. The van der Waals surface area contributed by atoms with Gasteiger partial charge in [-0.1, -0.05) is 0 Å². The Labute approximate surface area is 140 Å². The first-order valence-electron chi connectivity index (χ1n) is 8.00. The van der Waals surface area contributed by atoms with Gasteiger partial charge in [0.25, 0.3) is 11.5 Å². The number of nitrogens with zero attached hydrogens (tertiary/aromatic N) is 3. The number of aryl methyl sites for hydroxylation is 2. The van der Waals surface area contributed by atoms with Crippen molar-refractivity contribution in [2.45, 2.75) is 26.2 Å². The van der Waals surface area contributed by atoms with Gasteiger partial charge in [0.2, 0.25) is 5.95 Å². The molecule has 24 heavy (non-hydrogen) atoms. The fourth-order valence-electron chi connectivity index (χ4n) is 3.08. The molecule has 2 aromatic heterocycles. The summed E-state index contributed by atoms with van der Waals surface area (Å²) in [5, 5.41) is 0. The first kappa shape index (κ1) is 16.3. The second kappa shape index (κ2) is 6.14. The molecule has 1 fully saturated rings. The number of carbonyl (C=O) groups is 1. The first-order valence-corrected chi connectivity index (χ1v) is 8.00. The van der Waals surface area contributed by atoms with E-state index in [1.807, 2.05) is 21.0 Å². The van der Waals surface area contributed by atoms with Crippen LogP contribution in [-0.4, -0.2) is 48.0 Å². The Morgan fingerprint density at radius 3 is 2.75 bits per heavy atom. The monoisotopic (exact) mass is 330 g/mol. The van der Waals surface area contributed by atoms with E-state index < -0.39 is 0 Å². The minimum atomic E-state index is -0.171. The maximum atomic E-state index is 12.7. The molecule has 2 aromatic rings. The van der Waals surface area contributed by atoms with Crippen LogP contribution in [0, 0.1) is 13.8 Å². The van der Waals surface area contributed by atoms with Crippen molar-refractivity contribution >= 4 is 11.9 Å². The molecule has 7 nitrogen and oxygen atoms in total. The zero-order valence-corrected chi connectivity index (χ0v) is 14.4. The molecule has 1 aliphatic rings. The van der Waals surface area contributed by atoms with E-state index in [0.29, 0.717) is 30.4 Å². The summed E-state index contributed by atoms with van der Waals surface area (Å²) < 4.78 is 5.45. The van der Waals surface area contributed by atoms with Crippen LogP contribution in [0.15, 0.2) is 21.3 Å². The van der Waals surface area contributed by atoms with Crippen molar-refractivity contribution in [3.05, 3.63) is 45.3 Å². The van der Waals surface area contributed by atoms with Crippen LogP contribution in [0.3, 0.4) is 0 Å². The maximum absolute atomic E-state index is 12.7. The lowest BCUT2D eigenvalue weighted by atomic mass is 10.0. The van der Waals surface area contributed by atoms with Gasteiger partial charge in [0.15, 0.2) is 0 Å². The third-order valence-corrected chi connectivity index (χ3v) is 4.34. The third-order valence-electron chi connectivity index (χ3n) is 4.34. The van der Waals surface area contributed by atoms with Crippen LogP contribution >= 0.6 is 0 Å². The average molecular weight is 330 g/mol. The van der Waals surface area contributed by atoms with Crippen LogP contribution in [0.25, 0.3) is 0 Å². The number of carbonyl (C=O) groups excluding carboxylic acids is 1. The topological polar surface area (TPSA) is 82.4 Å². The molecule has 1 N–H and O–H groups in total. The Kier molecular flexibility index (Phi) is 4.17. The van der Waals surface area contributed by atoms with Gasteiger partial charge in [0.05, 0.1) is 11.3 Å². The Morgan fingerprint density at radius 2 is 2.12 bits per heavy atom. The van der Waals surface area contributed by atoms with Crippen LogP contribution in [0.2, 0.25) is 0 Å². The van der Waals surface area contributed by atoms with Gasteiger partial charge in [-0.25, -0.2) is 4.98 Å². The zero-order valence-electron chi connectivity index (χ0n) is 14.4. The summed E-state index contributed by atoms with van der Waals surface area (Å²) in [6.07, 6.45) is 0.797. The van der Waals surface area contributed by atoms with Gasteiger partial charge in [-0.15, -0.1) is 0 Å². The van der Waals surface area contributed by atoms with Crippen molar-refractivity contribution in [2.75, 3.05) is 32.1 Å². The Balaban J connectivity index is 1.79. The highest BCUT2D eigenvalue weighted by Crippen LogP contribution is 2.28. The number of hydrogen-bond donors (Lipinski definition) is 1. The van der Waals surface area contributed by atoms with Gasteiger partial charge >= 0.3 is 0 Å². The zero-order chi connectivity index (χ0) is 17.4. The van der Waals surface area contributed by atoms with Gasteiger partial charge in [-0.05, 0) is 26.3 Å². The van der Waals surface area contributed by atoms with Crippen LogP contribution in [0.1, 0.15) is 39.9 Å². The van der Waals surface area contributed by atoms with Gasteiger partial charge in [0, 0.05) is 39.2 Å². The van der Waals surface area contributed by atoms with Crippen molar-refractivity contribution in [3.8, 4) is 0 Å². The number of nitrogens with one attached hydrogen (secondary N) is 1. The highest BCUT2D eigenvalue weighted by atomic mass is 16.3. The third kappa shape index (κ3) is 3.06. The molecule has 7 heteroatoms. The highest BCUT2D eigenvalue weighted by Gasteiger charge is 2.30. The van der Waals surface area contributed by atoms with Gasteiger partial charge in [0.1, 0.15) is 11.5 Å². The van der Waals surface area contributed by atoms with E-state index in [9.17, 15) is 9.59 Å². The summed E-state index contributed by atoms with van der Waals surface area (Å²) in [5.41, 5.74) is 1.17. The molecular formula is C17H22N4O3. The van der Waals surface area contributed by atoms with E-state index >= 15 is 0 Å². The number of aromatic amines is 1. The normalized spacial score (nSPS) is 17.3. The fourth-order valence-corrected chi connectivity index (χ4v) is 3.08. The molecule has 3 heterocycles. The number of hydrogen-bond acceptors (Lipinski definition) is 5. The van der Waals surface area contributed by atoms with Crippen molar-refractivity contribution in [1.82, 2.24) is 14.9 Å². The molecule has 1 amide bonds. The average Bonchev–Trinajstić information content (AvgIpc) is 3.12. The van der Waals surface area contributed by atoms with Crippen LogP contribution in [-0.2, 0) is 0 Å².